The van der Waals surface area contributed by atoms with Crippen LogP contribution in [-0.2, 0) is 6.54 Å². The zero-order valence-corrected chi connectivity index (χ0v) is 11.7. The third-order valence-corrected chi connectivity index (χ3v) is 3.48. The number of hydrogen-bond acceptors (Lipinski definition) is 6. The number of guanidine groups is 1. The summed E-state index contributed by atoms with van der Waals surface area (Å²) < 4.78 is 5.05. The quantitative estimate of drug-likeness (QED) is 0.891. The van der Waals surface area contributed by atoms with Crippen LogP contribution in [0.15, 0.2) is 47.6 Å². The Balaban J connectivity index is 1.86. The molecule has 6 nitrogen and oxygen atoms in total. The van der Waals surface area contributed by atoms with Gasteiger partial charge in [-0.05, 0) is 11.6 Å². The van der Waals surface area contributed by atoms with E-state index in [4.69, 9.17) is 16.2 Å². The summed E-state index contributed by atoms with van der Waals surface area (Å²) in [4.78, 5) is 10.4. The van der Waals surface area contributed by atoms with Gasteiger partial charge in [0.2, 0.25) is 5.88 Å². The van der Waals surface area contributed by atoms with Crippen LogP contribution in [0.2, 0.25) is 0 Å². The van der Waals surface area contributed by atoms with Crippen molar-refractivity contribution < 1.29 is 4.74 Å². The van der Waals surface area contributed by atoms with Crippen molar-refractivity contribution in [2.75, 3.05) is 7.11 Å². The molecule has 21 heavy (non-hydrogen) atoms. The van der Waals surface area contributed by atoms with Crippen molar-refractivity contribution in [3.05, 3.63) is 53.7 Å². The molecule has 4 N–H and O–H groups in total. The standard InChI is InChI=1S/C15H17N5O/c1-21-13-7-6-10(8-18-13)9-20-14(16)11-4-2-3-5-12(11)19-15(20)17/h2-8,14H,9,16H2,1H3,(H2,17,19). The van der Waals surface area contributed by atoms with Gasteiger partial charge in [-0.2, -0.15) is 0 Å². The van der Waals surface area contributed by atoms with Crippen LogP contribution in [0.3, 0.4) is 0 Å². The van der Waals surface area contributed by atoms with Crippen LogP contribution in [0.1, 0.15) is 17.3 Å². The number of hydrogen-bond donors (Lipinski definition) is 2. The second-order valence-corrected chi connectivity index (χ2v) is 4.81. The number of nitrogens with two attached hydrogens (primary N) is 2. The molecule has 0 saturated carbocycles. The zero-order chi connectivity index (χ0) is 14.8. The van der Waals surface area contributed by atoms with Gasteiger partial charge in [0.25, 0.3) is 0 Å². The SMILES string of the molecule is COc1ccc(CN2C(N)=Nc3ccccc3C2N)cn1. The molecule has 108 valence electrons. The lowest BCUT2D eigenvalue weighted by molar-refractivity contribution is 0.306. The molecular formula is C15H17N5O. The summed E-state index contributed by atoms with van der Waals surface area (Å²) in [5.74, 6) is 0.991. The molecule has 0 fully saturated rings. The van der Waals surface area contributed by atoms with Gasteiger partial charge in [0.15, 0.2) is 5.96 Å². The van der Waals surface area contributed by atoms with Gasteiger partial charge in [-0.1, -0.05) is 24.3 Å². The summed E-state index contributed by atoms with van der Waals surface area (Å²) in [6.45, 7) is 0.543. The van der Waals surface area contributed by atoms with E-state index in [0.717, 1.165) is 16.8 Å². The van der Waals surface area contributed by atoms with Crippen molar-refractivity contribution in [3.63, 3.8) is 0 Å². The second kappa shape index (κ2) is 5.41. The zero-order valence-electron chi connectivity index (χ0n) is 11.7. The lowest BCUT2D eigenvalue weighted by Crippen LogP contribution is -2.45. The van der Waals surface area contributed by atoms with E-state index >= 15 is 0 Å². The maximum atomic E-state index is 6.30. The molecule has 0 amide bonds. The lowest BCUT2D eigenvalue weighted by atomic mass is 10.1. The van der Waals surface area contributed by atoms with Gasteiger partial charge in [0.05, 0.1) is 12.8 Å². The van der Waals surface area contributed by atoms with Crippen LogP contribution in [-0.4, -0.2) is 23.0 Å². The second-order valence-electron chi connectivity index (χ2n) is 4.81. The van der Waals surface area contributed by atoms with E-state index in [0.29, 0.717) is 18.4 Å². The number of ether oxygens (including phenoxy) is 1. The van der Waals surface area contributed by atoms with E-state index in [2.05, 4.69) is 9.98 Å². The predicted octanol–water partition coefficient (Wildman–Crippen LogP) is 1.51. The van der Waals surface area contributed by atoms with E-state index < -0.39 is 0 Å². The van der Waals surface area contributed by atoms with Gasteiger partial charge < -0.3 is 21.1 Å². The Morgan fingerprint density at radius 2 is 2.05 bits per heavy atom. The van der Waals surface area contributed by atoms with Crippen molar-refractivity contribution in [2.45, 2.75) is 12.7 Å². The third-order valence-electron chi connectivity index (χ3n) is 3.48. The van der Waals surface area contributed by atoms with E-state index in [1.165, 1.54) is 0 Å². The molecular weight excluding hydrogens is 266 g/mol. The van der Waals surface area contributed by atoms with Gasteiger partial charge >= 0.3 is 0 Å². The highest BCUT2D eigenvalue weighted by molar-refractivity contribution is 5.84. The smallest absolute Gasteiger partial charge is 0.212 e. The average molecular weight is 283 g/mol. The first-order valence-corrected chi connectivity index (χ1v) is 6.63. The van der Waals surface area contributed by atoms with Crippen LogP contribution in [0, 0.1) is 0 Å². The lowest BCUT2D eigenvalue weighted by Gasteiger charge is -2.34. The average Bonchev–Trinajstić information content (AvgIpc) is 2.52. The summed E-state index contributed by atoms with van der Waals surface area (Å²) in [6.07, 6.45) is 1.43. The van der Waals surface area contributed by atoms with Crippen LogP contribution in [0.5, 0.6) is 5.88 Å². The molecule has 1 aliphatic heterocycles. The molecule has 6 heteroatoms. The van der Waals surface area contributed by atoms with E-state index in [1.54, 1.807) is 13.3 Å². The van der Waals surface area contributed by atoms with Gasteiger partial charge in [-0.15, -0.1) is 0 Å². The fourth-order valence-corrected chi connectivity index (χ4v) is 2.34. The number of aliphatic imine (C=N–C) groups is 1. The molecule has 0 spiro atoms. The number of para-hydroxylation sites is 1. The highest BCUT2D eigenvalue weighted by atomic mass is 16.5. The Morgan fingerprint density at radius 3 is 2.76 bits per heavy atom. The maximum Gasteiger partial charge on any atom is 0.212 e. The minimum Gasteiger partial charge on any atom is -0.481 e. The Kier molecular flexibility index (Phi) is 3.45. The number of fused-ring (bicyclic) bond motifs is 1. The molecule has 0 aliphatic carbocycles. The van der Waals surface area contributed by atoms with Crippen molar-refractivity contribution in [3.8, 4) is 5.88 Å². The van der Waals surface area contributed by atoms with Crippen LogP contribution < -0.4 is 16.2 Å². The summed E-state index contributed by atoms with van der Waals surface area (Å²) in [5.41, 5.74) is 15.1. The number of benzene rings is 1. The highest BCUT2D eigenvalue weighted by Crippen LogP contribution is 2.31. The summed E-state index contributed by atoms with van der Waals surface area (Å²) >= 11 is 0. The summed E-state index contributed by atoms with van der Waals surface area (Å²) in [6, 6.07) is 11.5. The fraction of sp³-hybridized carbons (Fsp3) is 0.200. The maximum absolute atomic E-state index is 6.30. The Labute approximate surface area is 123 Å². The number of aromatic nitrogens is 1. The van der Waals surface area contributed by atoms with Crippen molar-refractivity contribution in [1.29, 1.82) is 0 Å². The van der Waals surface area contributed by atoms with Crippen LogP contribution in [0.25, 0.3) is 0 Å². The molecule has 1 aliphatic rings. The summed E-state index contributed by atoms with van der Waals surface area (Å²) in [5, 5.41) is 0. The Hall–Kier alpha value is -2.60. The van der Waals surface area contributed by atoms with Crippen molar-refractivity contribution in [2.24, 2.45) is 16.5 Å². The van der Waals surface area contributed by atoms with Crippen LogP contribution >= 0.6 is 0 Å². The molecule has 1 aromatic heterocycles. The van der Waals surface area contributed by atoms with E-state index in [1.807, 2.05) is 41.3 Å². The monoisotopic (exact) mass is 283 g/mol. The summed E-state index contributed by atoms with van der Waals surface area (Å²) in [7, 11) is 1.59. The topological polar surface area (TPSA) is 89.8 Å². The normalized spacial score (nSPS) is 17.1. The highest BCUT2D eigenvalue weighted by Gasteiger charge is 2.25. The molecule has 0 bridgehead atoms. The predicted molar refractivity (Wildman–Crippen MR) is 81.0 cm³/mol. The fourth-order valence-electron chi connectivity index (χ4n) is 2.34. The van der Waals surface area contributed by atoms with Crippen molar-refractivity contribution >= 4 is 11.6 Å². The number of pyridine rings is 1. The van der Waals surface area contributed by atoms with Gasteiger partial charge in [-0.3, -0.25) is 0 Å². The molecule has 0 radical (unpaired) electrons. The molecule has 1 unspecified atom stereocenters. The van der Waals surface area contributed by atoms with Gasteiger partial charge in [0, 0.05) is 24.4 Å². The van der Waals surface area contributed by atoms with Gasteiger partial charge in [-0.25, -0.2) is 9.98 Å². The molecule has 0 saturated heterocycles. The number of rotatable bonds is 3. The minimum atomic E-state index is -0.319. The molecule has 2 heterocycles. The van der Waals surface area contributed by atoms with E-state index in [9.17, 15) is 0 Å². The third kappa shape index (κ3) is 2.53. The molecule has 2 aromatic rings. The van der Waals surface area contributed by atoms with Gasteiger partial charge in [0.1, 0.15) is 6.17 Å². The first kappa shape index (κ1) is 13.4. The molecule has 3 rings (SSSR count). The molecule has 1 aromatic carbocycles. The largest absolute Gasteiger partial charge is 0.481 e. The Morgan fingerprint density at radius 1 is 1.24 bits per heavy atom. The first-order valence-electron chi connectivity index (χ1n) is 6.63. The minimum absolute atomic E-state index is 0.319. The number of nitrogens with zero attached hydrogens (tertiary/aromatic N) is 3. The number of methoxy groups -OCH3 is 1. The van der Waals surface area contributed by atoms with Crippen LogP contribution in [0.4, 0.5) is 5.69 Å². The first-order chi connectivity index (χ1) is 10.2. The molecule has 1 atom stereocenters. The van der Waals surface area contributed by atoms with E-state index in [-0.39, 0.29) is 6.17 Å². The van der Waals surface area contributed by atoms with Crippen molar-refractivity contribution in [1.82, 2.24) is 9.88 Å². The Bertz CT molecular complexity index is 668.